The number of benzene rings is 1. The van der Waals surface area contributed by atoms with Gasteiger partial charge >= 0.3 is 6.18 Å². The van der Waals surface area contributed by atoms with Gasteiger partial charge in [-0.05, 0) is 23.8 Å². The van der Waals surface area contributed by atoms with Crippen molar-refractivity contribution in [3.05, 3.63) is 59.8 Å². The molecule has 0 aliphatic carbocycles. The van der Waals surface area contributed by atoms with Crippen molar-refractivity contribution in [3.63, 3.8) is 0 Å². The van der Waals surface area contributed by atoms with Crippen LogP contribution in [0.2, 0.25) is 0 Å². The molecule has 1 atom stereocenters. The van der Waals surface area contributed by atoms with E-state index in [9.17, 15) is 22.7 Å². The third kappa shape index (κ3) is 1.88. The van der Waals surface area contributed by atoms with Gasteiger partial charge in [0.15, 0.2) is 0 Å². The summed E-state index contributed by atoms with van der Waals surface area (Å²) in [7, 11) is 0. The molecule has 0 aliphatic heterocycles. The summed E-state index contributed by atoms with van der Waals surface area (Å²) in [6.07, 6.45) is -3.12. The summed E-state index contributed by atoms with van der Waals surface area (Å²) in [5.74, 6) is -0.685. The monoisotopic (exact) mass is 260 g/mol. The molecule has 0 fully saturated rings. The second-order valence-electron chi connectivity index (χ2n) is 3.73. The lowest BCUT2D eigenvalue weighted by Gasteiger charge is -2.29. The van der Waals surface area contributed by atoms with E-state index < -0.39 is 28.7 Å². The van der Waals surface area contributed by atoms with Crippen LogP contribution in [0, 0.1) is 5.82 Å². The third-order valence-electron chi connectivity index (χ3n) is 2.61. The van der Waals surface area contributed by atoms with Gasteiger partial charge in [-0.3, -0.25) is 0 Å². The molecule has 1 aromatic heterocycles. The van der Waals surface area contributed by atoms with Crippen LogP contribution in [-0.2, 0) is 5.60 Å². The summed E-state index contributed by atoms with van der Waals surface area (Å²) in [6.45, 7) is 0. The Morgan fingerprint density at radius 3 is 2.00 bits per heavy atom. The molecular formula is C12H8F4O2. The Morgan fingerprint density at radius 1 is 0.944 bits per heavy atom. The van der Waals surface area contributed by atoms with Crippen LogP contribution in [0.1, 0.15) is 11.1 Å². The van der Waals surface area contributed by atoms with Gasteiger partial charge in [0, 0.05) is 5.56 Å². The maximum atomic E-state index is 13.1. The highest BCUT2D eigenvalue weighted by Crippen LogP contribution is 2.44. The smallest absolute Gasteiger partial charge is 0.425 e. The van der Waals surface area contributed by atoms with Crippen LogP contribution in [0.15, 0.2) is 47.3 Å². The quantitative estimate of drug-likeness (QED) is 0.841. The van der Waals surface area contributed by atoms with E-state index >= 15 is 0 Å². The van der Waals surface area contributed by atoms with E-state index in [0.29, 0.717) is 0 Å². The Labute approximate surface area is 99.5 Å². The first kappa shape index (κ1) is 12.6. The molecule has 96 valence electrons. The maximum Gasteiger partial charge on any atom is 0.425 e. The van der Waals surface area contributed by atoms with Crippen molar-refractivity contribution in [2.75, 3.05) is 0 Å². The van der Waals surface area contributed by atoms with E-state index in [1.165, 1.54) is 0 Å². The first-order chi connectivity index (χ1) is 8.35. The predicted octanol–water partition coefficient (Wildman–Crippen LogP) is 3.22. The van der Waals surface area contributed by atoms with E-state index in [4.69, 9.17) is 0 Å². The third-order valence-corrected chi connectivity index (χ3v) is 2.61. The lowest BCUT2D eigenvalue weighted by Crippen LogP contribution is -2.43. The SMILES string of the molecule is OC(c1ccc(F)cc1)(c1ccoc1)C(F)(F)F. The molecule has 6 heteroatoms. The van der Waals surface area contributed by atoms with Gasteiger partial charge in [0.2, 0.25) is 5.60 Å². The van der Waals surface area contributed by atoms with Crippen molar-refractivity contribution in [2.45, 2.75) is 11.8 Å². The van der Waals surface area contributed by atoms with Crippen LogP contribution >= 0.6 is 0 Å². The highest BCUT2D eigenvalue weighted by Gasteiger charge is 2.56. The van der Waals surface area contributed by atoms with Crippen LogP contribution in [0.3, 0.4) is 0 Å². The molecule has 0 saturated carbocycles. The molecule has 0 spiro atoms. The van der Waals surface area contributed by atoms with Crippen molar-refractivity contribution < 1.29 is 27.1 Å². The van der Waals surface area contributed by atoms with E-state index in [0.717, 1.165) is 42.9 Å². The zero-order valence-corrected chi connectivity index (χ0v) is 8.91. The molecule has 0 amide bonds. The summed E-state index contributed by atoms with van der Waals surface area (Å²) in [5.41, 5.74) is -4.15. The van der Waals surface area contributed by atoms with E-state index in [2.05, 4.69) is 4.42 Å². The summed E-state index contributed by atoms with van der Waals surface area (Å²) < 4.78 is 56.5. The average Bonchev–Trinajstić information content (AvgIpc) is 2.81. The summed E-state index contributed by atoms with van der Waals surface area (Å²) in [4.78, 5) is 0. The number of hydrogen-bond acceptors (Lipinski definition) is 2. The van der Waals surface area contributed by atoms with Gasteiger partial charge in [0.25, 0.3) is 0 Å². The van der Waals surface area contributed by atoms with Crippen LogP contribution in [0.25, 0.3) is 0 Å². The molecule has 0 aliphatic rings. The molecule has 0 bridgehead atoms. The first-order valence-corrected chi connectivity index (χ1v) is 4.93. The number of rotatable bonds is 2. The summed E-state index contributed by atoms with van der Waals surface area (Å²) in [6, 6.07) is 4.49. The topological polar surface area (TPSA) is 33.4 Å². The fourth-order valence-corrected chi connectivity index (χ4v) is 1.66. The van der Waals surface area contributed by atoms with Crippen LogP contribution < -0.4 is 0 Å². The lowest BCUT2D eigenvalue weighted by molar-refractivity contribution is -0.248. The molecule has 18 heavy (non-hydrogen) atoms. The summed E-state index contributed by atoms with van der Waals surface area (Å²) in [5, 5.41) is 9.96. The van der Waals surface area contributed by atoms with Gasteiger partial charge in [-0.2, -0.15) is 13.2 Å². The number of furan rings is 1. The predicted molar refractivity (Wildman–Crippen MR) is 54.2 cm³/mol. The molecule has 1 unspecified atom stereocenters. The standard InChI is InChI=1S/C12H8F4O2/c13-10-3-1-8(2-4-10)11(17,12(14,15)16)9-5-6-18-7-9/h1-7,17H. The molecule has 2 rings (SSSR count). The first-order valence-electron chi connectivity index (χ1n) is 4.93. The lowest BCUT2D eigenvalue weighted by atomic mass is 9.87. The summed E-state index contributed by atoms with van der Waals surface area (Å²) >= 11 is 0. The maximum absolute atomic E-state index is 13.1. The molecule has 2 nitrogen and oxygen atoms in total. The minimum atomic E-state index is -4.95. The van der Waals surface area contributed by atoms with Crippen molar-refractivity contribution >= 4 is 0 Å². The second kappa shape index (κ2) is 4.13. The van der Waals surface area contributed by atoms with Gasteiger partial charge in [0.05, 0.1) is 12.5 Å². The molecular weight excluding hydrogens is 252 g/mol. The Morgan fingerprint density at radius 2 is 1.56 bits per heavy atom. The van der Waals surface area contributed by atoms with E-state index in [1.54, 1.807) is 0 Å². The highest BCUT2D eigenvalue weighted by molar-refractivity contribution is 5.36. The van der Waals surface area contributed by atoms with E-state index in [1.807, 2.05) is 0 Å². The molecule has 1 heterocycles. The molecule has 1 aromatic carbocycles. The highest BCUT2D eigenvalue weighted by atomic mass is 19.4. The van der Waals surface area contributed by atoms with E-state index in [-0.39, 0.29) is 0 Å². The minimum Gasteiger partial charge on any atom is -0.472 e. The minimum absolute atomic E-state index is 0.457. The normalized spacial score (nSPS) is 15.4. The van der Waals surface area contributed by atoms with Crippen molar-refractivity contribution in [1.29, 1.82) is 0 Å². The number of aliphatic hydroxyl groups is 1. The van der Waals surface area contributed by atoms with Crippen molar-refractivity contribution in [2.24, 2.45) is 0 Å². The van der Waals surface area contributed by atoms with Crippen molar-refractivity contribution in [3.8, 4) is 0 Å². The fourth-order valence-electron chi connectivity index (χ4n) is 1.66. The Hall–Kier alpha value is -1.82. The molecule has 2 aromatic rings. The Bertz CT molecular complexity index is 516. The van der Waals surface area contributed by atoms with Gasteiger partial charge in [0.1, 0.15) is 5.82 Å². The number of alkyl halides is 3. The fraction of sp³-hybridized carbons (Fsp3) is 0.167. The van der Waals surface area contributed by atoms with Gasteiger partial charge in [-0.25, -0.2) is 4.39 Å². The zero-order valence-electron chi connectivity index (χ0n) is 8.91. The zero-order chi connectivity index (χ0) is 13.4. The Balaban J connectivity index is 2.60. The van der Waals surface area contributed by atoms with Crippen LogP contribution in [0.4, 0.5) is 17.6 Å². The average molecular weight is 260 g/mol. The largest absolute Gasteiger partial charge is 0.472 e. The van der Waals surface area contributed by atoms with Gasteiger partial charge in [-0.15, -0.1) is 0 Å². The second-order valence-corrected chi connectivity index (χ2v) is 3.73. The Kier molecular flexibility index (Phi) is 2.90. The van der Waals surface area contributed by atoms with Crippen LogP contribution in [-0.4, -0.2) is 11.3 Å². The van der Waals surface area contributed by atoms with Gasteiger partial charge in [-0.1, -0.05) is 12.1 Å². The number of halogens is 4. The molecule has 1 N–H and O–H groups in total. The van der Waals surface area contributed by atoms with Crippen LogP contribution in [0.5, 0.6) is 0 Å². The molecule has 0 saturated heterocycles. The van der Waals surface area contributed by atoms with Gasteiger partial charge < -0.3 is 9.52 Å². The molecule has 0 radical (unpaired) electrons. The number of hydrogen-bond donors (Lipinski definition) is 1. The van der Waals surface area contributed by atoms with Crippen molar-refractivity contribution in [1.82, 2.24) is 0 Å².